The highest BCUT2D eigenvalue weighted by Crippen LogP contribution is 2.33. The fraction of sp³-hybridized carbons (Fsp3) is 0.381. The van der Waals surface area contributed by atoms with Crippen LogP contribution in [-0.2, 0) is 6.54 Å². The third-order valence-electron chi connectivity index (χ3n) is 5.19. The number of halogens is 1. The van der Waals surface area contributed by atoms with E-state index in [1.165, 1.54) is 56.0 Å². The van der Waals surface area contributed by atoms with E-state index < -0.39 is 0 Å². The molecule has 4 rings (SSSR count). The van der Waals surface area contributed by atoms with Crippen LogP contribution < -0.4 is 0 Å². The van der Waals surface area contributed by atoms with Crippen LogP contribution in [0.15, 0.2) is 48.0 Å². The molecule has 0 saturated heterocycles. The van der Waals surface area contributed by atoms with Gasteiger partial charge in [-0.25, -0.2) is 19.3 Å². The molecule has 6 heteroatoms. The molecule has 3 aromatic rings. The van der Waals surface area contributed by atoms with Crippen LogP contribution in [0.4, 0.5) is 4.39 Å². The molecule has 0 spiro atoms. The summed E-state index contributed by atoms with van der Waals surface area (Å²) in [5.74, 6) is 0.434. The largest absolute Gasteiger partial charge is 0.329 e. The van der Waals surface area contributed by atoms with Gasteiger partial charge in [-0.2, -0.15) is 0 Å². The van der Waals surface area contributed by atoms with Crippen molar-refractivity contribution in [2.45, 2.75) is 43.8 Å². The maximum Gasteiger partial charge on any atom is 0.187 e. The van der Waals surface area contributed by atoms with Crippen LogP contribution in [-0.4, -0.2) is 25.8 Å². The van der Waals surface area contributed by atoms with Gasteiger partial charge in [-0.1, -0.05) is 31.0 Å². The topological polar surface area (TPSA) is 43.6 Å². The summed E-state index contributed by atoms with van der Waals surface area (Å²) in [6.07, 6.45) is 12.2. The molecule has 1 saturated carbocycles. The lowest BCUT2D eigenvalue weighted by molar-refractivity contribution is 0.320. The van der Waals surface area contributed by atoms with E-state index >= 15 is 0 Å². The van der Waals surface area contributed by atoms with Crippen LogP contribution in [0.5, 0.6) is 0 Å². The highest BCUT2D eigenvalue weighted by Gasteiger charge is 2.20. The Balaban J connectivity index is 1.77. The average molecular weight is 383 g/mol. The van der Waals surface area contributed by atoms with Gasteiger partial charge in [0.25, 0.3) is 0 Å². The van der Waals surface area contributed by atoms with E-state index in [1.807, 2.05) is 18.6 Å². The van der Waals surface area contributed by atoms with Gasteiger partial charge in [0.1, 0.15) is 5.82 Å². The molecular formula is C21H23FN4S. The van der Waals surface area contributed by atoms with E-state index in [4.69, 9.17) is 4.98 Å². The third-order valence-corrected chi connectivity index (χ3v) is 5.76. The molecule has 0 bridgehead atoms. The Hall–Kier alpha value is -2.21. The third kappa shape index (κ3) is 4.05. The zero-order valence-electron chi connectivity index (χ0n) is 15.4. The van der Waals surface area contributed by atoms with E-state index in [0.29, 0.717) is 5.92 Å². The van der Waals surface area contributed by atoms with Crippen molar-refractivity contribution >= 4 is 11.8 Å². The first-order valence-electron chi connectivity index (χ1n) is 9.43. The number of aromatic nitrogens is 4. The zero-order chi connectivity index (χ0) is 18.6. The predicted molar refractivity (Wildman–Crippen MR) is 107 cm³/mol. The van der Waals surface area contributed by atoms with Crippen molar-refractivity contribution < 1.29 is 4.39 Å². The molecule has 2 heterocycles. The molecule has 4 nitrogen and oxygen atoms in total. The maximum absolute atomic E-state index is 13.4. The lowest BCUT2D eigenvalue weighted by Gasteiger charge is -2.23. The van der Waals surface area contributed by atoms with E-state index in [1.54, 1.807) is 18.3 Å². The Bertz CT molecular complexity index is 901. The first kappa shape index (κ1) is 18.2. The van der Waals surface area contributed by atoms with Gasteiger partial charge in [-0.3, -0.25) is 0 Å². The van der Waals surface area contributed by atoms with E-state index in [0.717, 1.165) is 34.3 Å². The van der Waals surface area contributed by atoms with Crippen LogP contribution in [0.25, 0.3) is 22.6 Å². The second kappa shape index (κ2) is 8.21. The first-order valence-corrected chi connectivity index (χ1v) is 10.7. The quantitative estimate of drug-likeness (QED) is 0.435. The van der Waals surface area contributed by atoms with E-state index in [-0.39, 0.29) is 5.82 Å². The lowest BCUT2D eigenvalue weighted by Crippen LogP contribution is -2.14. The zero-order valence-corrected chi connectivity index (χ0v) is 16.3. The van der Waals surface area contributed by atoms with Crippen molar-refractivity contribution in [1.82, 2.24) is 19.5 Å². The van der Waals surface area contributed by atoms with Gasteiger partial charge >= 0.3 is 0 Å². The number of nitrogens with zero attached hydrogens (tertiary/aromatic N) is 4. The summed E-state index contributed by atoms with van der Waals surface area (Å²) in [5.41, 5.74) is 3.60. The predicted octanol–water partition coefficient (Wildman–Crippen LogP) is 5.45. The minimum atomic E-state index is -0.242. The minimum Gasteiger partial charge on any atom is -0.329 e. The van der Waals surface area contributed by atoms with E-state index in [2.05, 4.69) is 14.5 Å². The van der Waals surface area contributed by atoms with Crippen LogP contribution in [0.2, 0.25) is 0 Å². The fourth-order valence-electron chi connectivity index (χ4n) is 3.83. The number of hydrogen-bond donors (Lipinski definition) is 0. The molecule has 1 aliphatic rings. The first-order chi connectivity index (χ1) is 13.2. The SMILES string of the molecule is CSc1nccc(-c2c(-c3ccc(F)cc3)ncn2CC2CCCCC2)n1. The number of thioether (sulfide) groups is 1. The summed E-state index contributed by atoms with van der Waals surface area (Å²) in [6.45, 7) is 0.947. The molecule has 0 amide bonds. The van der Waals surface area contributed by atoms with Crippen LogP contribution in [0, 0.1) is 11.7 Å². The van der Waals surface area contributed by atoms with Gasteiger partial charge in [-0.05, 0) is 55.3 Å². The normalized spacial score (nSPS) is 15.2. The van der Waals surface area contributed by atoms with Crippen molar-refractivity contribution in [1.29, 1.82) is 0 Å². The Morgan fingerprint density at radius 3 is 2.59 bits per heavy atom. The van der Waals surface area contributed by atoms with Crippen molar-refractivity contribution in [3.05, 3.63) is 48.7 Å². The molecule has 0 atom stereocenters. The number of benzene rings is 1. The minimum absolute atomic E-state index is 0.242. The van der Waals surface area contributed by atoms with Gasteiger partial charge in [0.2, 0.25) is 0 Å². The Labute approximate surface area is 163 Å². The monoisotopic (exact) mass is 382 g/mol. The van der Waals surface area contributed by atoms with Crippen molar-refractivity contribution in [3.63, 3.8) is 0 Å². The fourth-order valence-corrected chi connectivity index (χ4v) is 4.18. The molecule has 27 heavy (non-hydrogen) atoms. The van der Waals surface area contributed by atoms with Crippen molar-refractivity contribution in [2.24, 2.45) is 5.92 Å². The molecule has 0 N–H and O–H groups in total. The molecule has 1 aliphatic carbocycles. The smallest absolute Gasteiger partial charge is 0.187 e. The summed E-state index contributed by atoms with van der Waals surface area (Å²) < 4.78 is 15.6. The molecule has 1 aromatic carbocycles. The van der Waals surface area contributed by atoms with Crippen LogP contribution >= 0.6 is 11.8 Å². The number of hydrogen-bond acceptors (Lipinski definition) is 4. The molecule has 2 aromatic heterocycles. The van der Waals surface area contributed by atoms with Crippen molar-refractivity contribution in [2.75, 3.05) is 6.26 Å². The molecule has 0 radical (unpaired) electrons. The average Bonchev–Trinajstić information content (AvgIpc) is 3.13. The van der Waals surface area contributed by atoms with Gasteiger partial charge in [-0.15, -0.1) is 0 Å². The second-order valence-corrected chi connectivity index (χ2v) is 7.81. The summed E-state index contributed by atoms with van der Waals surface area (Å²) in [6, 6.07) is 8.45. The Morgan fingerprint density at radius 1 is 1.07 bits per heavy atom. The highest BCUT2D eigenvalue weighted by atomic mass is 32.2. The highest BCUT2D eigenvalue weighted by molar-refractivity contribution is 7.98. The lowest BCUT2D eigenvalue weighted by atomic mass is 9.89. The maximum atomic E-state index is 13.4. The number of rotatable bonds is 5. The van der Waals surface area contributed by atoms with Crippen LogP contribution in [0.1, 0.15) is 32.1 Å². The molecule has 0 unspecified atom stereocenters. The standard InChI is InChI=1S/C21H23FN4S/c1-27-21-23-12-11-18(25-21)20-19(16-7-9-17(22)10-8-16)24-14-26(20)13-15-5-3-2-4-6-15/h7-12,14-15H,2-6,13H2,1H3. The Morgan fingerprint density at radius 2 is 1.85 bits per heavy atom. The summed E-state index contributed by atoms with van der Waals surface area (Å²) in [4.78, 5) is 13.7. The number of imidazole rings is 1. The molecular weight excluding hydrogens is 359 g/mol. The summed E-state index contributed by atoms with van der Waals surface area (Å²) >= 11 is 1.52. The summed E-state index contributed by atoms with van der Waals surface area (Å²) in [5, 5.41) is 0.739. The Kier molecular flexibility index (Phi) is 5.53. The van der Waals surface area contributed by atoms with Gasteiger partial charge in [0.15, 0.2) is 5.16 Å². The molecule has 1 fully saturated rings. The van der Waals surface area contributed by atoms with Crippen molar-refractivity contribution in [3.8, 4) is 22.6 Å². The van der Waals surface area contributed by atoms with Crippen LogP contribution in [0.3, 0.4) is 0 Å². The molecule has 0 aliphatic heterocycles. The van der Waals surface area contributed by atoms with Gasteiger partial charge < -0.3 is 4.57 Å². The van der Waals surface area contributed by atoms with E-state index in [9.17, 15) is 4.39 Å². The van der Waals surface area contributed by atoms with Gasteiger partial charge in [0, 0.05) is 18.3 Å². The molecule has 140 valence electrons. The second-order valence-electron chi connectivity index (χ2n) is 7.03. The summed E-state index contributed by atoms with van der Waals surface area (Å²) in [7, 11) is 0. The van der Waals surface area contributed by atoms with Gasteiger partial charge in [0.05, 0.1) is 23.4 Å².